The summed E-state index contributed by atoms with van der Waals surface area (Å²) in [5.74, 6) is 0.856. The van der Waals surface area contributed by atoms with E-state index >= 15 is 0 Å². The second-order valence-electron chi connectivity index (χ2n) is 8.36. The fourth-order valence-corrected chi connectivity index (χ4v) is 4.98. The summed E-state index contributed by atoms with van der Waals surface area (Å²) in [6, 6.07) is 0. The number of esters is 1. The number of hydrogen-bond acceptors (Lipinski definition) is 2. The van der Waals surface area contributed by atoms with Crippen LogP contribution in [0, 0.1) is 22.7 Å². The molecule has 0 aromatic carbocycles. The predicted molar refractivity (Wildman–Crippen MR) is 96.0 cm³/mol. The Morgan fingerprint density at radius 3 is 2.74 bits per heavy atom. The van der Waals surface area contributed by atoms with Gasteiger partial charge >= 0.3 is 5.97 Å². The molecule has 1 saturated carbocycles. The highest BCUT2D eigenvalue weighted by atomic mass is 16.5. The molecular formula is C21H32O2. The van der Waals surface area contributed by atoms with Crippen molar-refractivity contribution in [3.63, 3.8) is 0 Å². The van der Waals surface area contributed by atoms with E-state index in [1.165, 1.54) is 31.9 Å². The zero-order valence-corrected chi connectivity index (χ0v) is 15.4. The molecule has 2 aliphatic rings. The molecule has 2 nitrogen and oxygen atoms in total. The minimum atomic E-state index is -0.257. The molecule has 2 rings (SSSR count). The molecule has 0 saturated heterocycles. The lowest BCUT2D eigenvalue weighted by Gasteiger charge is -2.55. The molecule has 0 bridgehead atoms. The number of carbonyl (C=O) groups is 1. The number of rotatable bonds is 4. The zero-order chi connectivity index (χ0) is 17.3. The first-order valence-corrected chi connectivity index (χ1v) is 8.83. The van der Waals surface area contributed by atoms with Gasteiger partial charge in [-0.1, -0.05) is 57.1 Å². The van der Waals surface area contributed by atoms with Gasteiger partial charge in [0, 0.05) is 6.08 Å². The quantitative estimate of drug-likeness (QED) is 0.508. The second-order valence-corrected chi connectivity index (χ2v) is 8.36. The SMILES string of the molecule is C=C1C=CC2C(C)(C)CCCC2(C)C1CCC(C)=CC(=O)OC. The van der Waals surface area contributed by atoms with Crippen molar-refractivity contribution in [2.24, 2.45) is 22.7 Å². The van der Waals surface area contributed by atoms with Crippen LogP contribution in [0.4, 0.5) is 0 Å². The van der Waals surface area contributed by atoms with Crippen molar-refractivity contribution in [2.45, 2.75) is 59.8 Å². The topological polar surface area (TPSA) is 26.3 Å². The highest BCUT2D eigenvalue weighted by Crippen LogP contribution is 2.59. The van der Waals surface area contributed by atoms with Crippen LogP contribution in [0.5, 0.6) is 0 Å². The van der Waals surface area contributed by atoms with E-state index in [0.29, 0.717) is 22.7 Å². The fraction of sp³-hybridized carbons (Fsp3) is 0.667. The van der Waals surface area contributed by atoms with Gasteiger partial charge in [-0.05, 0) is 55.3 Å². The Hall–Kier alpha value is -1.31. The first-order chi connectivity index (χ1) is 10.7. The Morgan fingerprint density at radius 1 is 1.39 bits per heavy atom. The van der Waals surface area contributed by atoms with Gasteiger partial charge in [0.05, 0.1) is 7.11 Å². The summed E-state index contributed by atoms with van der Waals surface area (Å²) in [5, 5.41) is 0. The van der Waals surface area contributed by atoms with Gasteiger partial charge in [0.2, 0.25) is 0 Å². The maximum Gasteiger partial charge on any atom is 0.330 e. The molecule has 0 amide bonds. The third-order valence-electron chi connectivity index (χ3n) is 6.23. The summed E-state index contributed by atoms with van der Waals surface area (Å²) in [6.07, 6.45) is 12.1. The van der Waals surface area contributed by atoms with Crippen LogP contribution in [0.2, 0.25) is 0 Å². The van der Waals surface area contributed by atoms with Gasteiger partial charge in [-0.3, -0.25) is 0 Å². The van der Waals surface area contributed by atoms with Gasteiger partial charge in [0.1, 0.15) is 0 Å². The number of ether oxygens (including phenoxy) is 1. The van der Waals surface area contributed by atoms with E-state index in [1.807, 2.05) is 6.92 Å². The average molecular weight is 316 g/mol. The Bertz CT molecular complexity index is 538. The van der Waals surface area contributed by atoms with Crippen LogP contribution in [0.1, 0.15) is 59.8 Å². The van der Waals surface area contributed by atoms with Gasteiger partial charge in [-0.2, -0.15) is 0 Å². The maximum atomic E-state index is 11.4. The van der Waals surface area contributed by atoms with Gasteiger partial charge in [-0.25, -0.2) is 4.79 Å². The van der Waals surface area contributed by atoms with E-state index in [0.717, 1.165) is 18.4 Å². The van der Waals surface area contributed by atoms with Crippen LogP contribution in [0.25, 0.3) is 0 Å². The zero-order valence-electron chi connectivity index (χ0n) is 15.4. The van der Waals surface area contributed by atoms with Crippen LogP contribution in [-0.4, -0.2) is 13.1 Å². The molecule has 0 spiro atoms. The van der Waals surface area contributed by atoms with Gasteiger partial charge < -0.3 is 4.74 Å². The first-order valence-electron chi connectivity index (χ1n) is 8.83. The lowest BCUT2D eigenvalue weighted by atomic mass is 9.49. The molecule has 0 aromatic heterocycles. The highest BCUT2D eigenvalue weighted by Gasteiger charge is 2.50. The highest BCUT2D eigenvalue weighted by molar-refractivity contribution is 5.82. The number of hydrogen-bond donors (Lipinski definition) is 0. The van der Waals surface area contributed by atoms with Gasteiger partial charge in [0.15, 0.2) is 0 Å². The van der Waals surface area contributed by atoms with Crippen molar-refractivity contribution in [1.29, 1.82) is 0 Å². The lowest BCUT2D eigenvalue weighted by Crippen LogP contribution is -2.47. The van der Waals surface area contributed by atoms with E-state index in [9.17, 15) is 4.79 Å². The summed E-state index contributed by atoms with van der Waals surface area (Å²) in [6.45, 7) is 13.6. The predicted octanol–water partition coefficient (Wildman–Crippen LogP) is 5.46. The number of carbonyl (C=O) groups excluding carboxylic acids is 1. The molecule has 0 N–H and O–H groups in total. The van der Waals surface area contributed by atoms with Crippen LogP contribution in [0.15, 0.2) is 36.0 Å². The minimum absolute atomic E-state index is 0.257. The smallest absolute Gasteiger partial charge is 0.330 e. The van der Waals surface area contributed by atoms with Crippen molar-refractivity contribution in [3.8, 4) is 0 Å². The van der Waals surface area contributed by atoms with Crippen molar-refractivity contribution in [2.75, 3.05) is 7.11 Å². The Labute approximate surface area is 141 Å². The summed E-state index contributed by atoms with van der Waals surface area (Å²) in [7, 11) is 1.43. The molecule has 0 aromatic rings. The van der Waals surface area contributed by atoms with Crippen LogP contribution in [-0.2, 0) is 9.53 Å². The molecule has 23 heavy (non-hydrogen) atoms. The monoisotopic (exact) mass is 316 g/mol. The molecule has 128 valence electrons. The molecule has 2 heteroatoms. The summed E-state index contributed by atoms with van der Waals surface area (Å²) >= 11 is 0. The molecule has 0 heterocycles. The van der Waals surface area contributed by atoms with Crippen LogP contribution in [0.3, 0.4) is 0 Å². The summed E-state index contributed by atoms with van der Waals surface area (Å²) in [4.78, 5) is 11.4. The molecule has 3 unspecified atom stereocenters. The largest absolute Gasteiger partial charge is 0.466 e. The number of methoxy groups -OCH3 is 1. The molecule has 0 radical (unpaired) electrons. The Balaban J connectivity index is 2.17. The summed E-state index contributed by atoms with van der Waals surface area (Å²) < 4.78 is 4.72. The lowest BCUT2D eigenvalue weighted by molar-refractivity contribution is -0.134. The van der Waals surface area contributed by atoms with E-state index in [1.54, 1.807) is 6.08 Å². The molecular weight excluding hydrogens is 284 g/mol. The Morgan fingerprint density at radius 2 is 2.09 bits per heavy atom. The summed E-state index contributed by atoms with van der Waals surface area (Å²) in [5.41, 5.74) is 3.00. The molecule has 3 atom stereocenters. The average Bonchev–Trinajstić information content (AvgIpc) is 2.45. The third kappa shape index (κ3) is 3.62. The first kappa shape index (κ1) is 18.0. The van der Waals surface area contributed by atoms with Crippen molar-refractivity contribution in [1.82, 2.24) is 0 Å². The van der Waals surface area contributed by atoms with Crippen LogP contribution < -0.4 is 0 Å². The van der Waals surface area contributed by atoms with Crippen molar-refractivity contribution >= 4 is 5.97 Å². The molecule has 1 fully saturated rings. The standard InChI is InChI=1S/C21H32O2/c1-15(14-19(22)23-6)8-10-17-16(2)9-11-18-20(3,4)12-7-13-21(17,18)5/h9,11,14,17-18H,2,7-8,10,12-13H2,1,3-6H3. The third-order valence-corrected chi connectivity index (χ3v) is 6.23. The van der Waals surface area contributed by atoms with E-state index in [2.05, 4.69) is 39.5 Å². The minimum Gasteiger partial charge on any atom is -0.466 e. The van der Waals surface area contributed by atoms with Gasteiger partial charge in [0.25, 0.3) is 0 Å². The number of fused-ring (bicyclic) bond motifs is 1. The second kappa shape index (κ2) is 6.67. The van der Waals surface area contributed by atoms with Crippen molar-refractivity contribution < 1.29 is 9.53 Å². The molecule has 0 aliphatic heterocycles. The fourth-order valence-electron chi connectivity index (χ4n) is 4.98. The van der Waals surface area contributed by atoms with E-state index in [-0.39, 0.29) is 5.97 Å². The van der Waals surface area contributed by atoms with Gasteiger partial charge in [-0.15, -0.1) is 0 Å². The molecule has 2 aliphatic carbocycles. The van der Waals surface area contributed by atoms with Crippen molar-refractivity contribution in [3.05, 3.63) is 36.0 Å². The van der Waals surface area contributed by atoms with E-state index < -0.39 is 0 Å². The normalized spacial score (nSPS) is 33.3. The van der Waals surface area contributed by atoms with Crippen LogP contribution >= 0.6 is 0 Å². The van der Waals surface area contributed by atoms with E-state index in [4.69, 9.17) is 4.74 Å². The maximum absolute atomic E-state index is 11.4. The number of allylic oxidation sites excluding steroid dienone is 4. The Kier molecular flexibility index (Phi) is 5.23.